The van der Waals surface area contributed by atoms with Gasteiger partial charge in [0.05, 0.1) is 16.6 Å². The minimum absolute atomic E-state index is 0.937. The molecule has 4 heteroatoms. The Hall–Kier alpha value is -4.18. The van der Waals surface area contributed by atoms with Gasteiger partial charge in [0.15, 0.2) is 0 Å². The van der Waals surface area contributed by atoms with Crippen molar-refractivity contribution >= 4 is 49.1 Å². The number of nitrogens with zero attached hydrogens (tertiary/aromatic N) is 4. The van der Waals surface area contributed by atoms with Crippen LogP contribution in [0.3, 0.4) is 0 Å². The zero-order valence-corrected chi connectivity index (χ0v) is 16.0. The molecule has 0 bridgehead atoms. The largest absolute Gasteiger partial charge is 0.309 e. The molecule has 7 rings (SSSR count). The molecule has 0 spiro atoms. The van der Waals surface area contributed by atoms with Gasteiger partial charge in [-0.2, -0.15) is 0 Å². The Kier molecular flexibility index (Phi) is 2.97. The number of imidazole rings is 1. The van der Waals surface area contributed by atoms with Crippen LogP contribution in [-0.4, -0.2) is 18.9 Å². The third-order valence-corrected chi connectivity index (χ3v) is 6.06. The molecule has 0 N–H and O–H groups in total. The summed E-state index contributed by atoms with van der Waals surface area (Å²) in [6, 6.07) is 25.9. The van der Waals surface area contributed by atoms with Crippen molar-refractivity contribution in [2.45, 2.75) is 0 Å². The van der Waals surface area contributed by atoms with E-state index in [4.69, 9.17) is 0 Å². The lowest BCUT2D eigenvalue weighted by atomic mass is 10.0. The summed E-state index contributed by atoms with van der Waals surface area (Å²) in [5.41, 5.74) is 5.65. The van der Waals surface area contributed by atoms with Gasteiger partial charge in [-0.1, -0.05) is 36.4 Å². The molecular formula is C26H16N4. The van der Waals surface area contributed by atoms with Crippen molar-refractivity contribution in [1.82, 2.24) is 18.9 Å². The molecule has 0 saturated carbocycles. The molecule has 4 aromatic heterocycles. The van der Waals surface area contributed by atoms with Crippen molar-refractivity contribution in [2.75, 3.05) is 0 Å². The maximum absolute atomic E-state index is 4.62. The highest BCUT2D eigenvalue weighted by molar-refractivity contribution is 6.19. The molecule has 7 aromatic rings. The normalized spacial score (nSPS) is 12.0. The van der Waals surface area contributed by atoms with E-state index in [0.717, 1.165) is 22.2 Å². The smallest absolute Gasteiger partial charge is 0.146 e. The van der Waals surface area contributed by atoms with Crippen molar-refractivity contribution in [1.29, 1.82) is 0 Å². The van der Waals surface area contributed by atoms with Crippen LogP contribution >= 0.6 is 0 Å². The van der Waals surface area contributed by atoms with Crippen LogP contribution in [0.2, 0.25) is 0 Å². The second kappa shape index (κ2) is 5.67. The van der Waals surface area contributed by atoms with Gasteiger partial charge in [-0.05, 0) is 41.8 Å². The van der Waals surface area contributed by atoms with Crippen molar-refractivity contribution in [2.24, 2.45) is 0 Å². The Morgan fingerprint density at radius 1 is 0.600 bits per heavy atom. The molecule has 30 heavy (non-hydrogen) atoms. The first-order valence-corrected chi connectivity index (χ1v) is 10.0. The maximum Gasteiger partial charge on any atom is 0.146 e. The van der Waals surface area contributed by atoms with Crippen LogP contribution in [0.15, 0.2) is 97.6 Å². The summed E-state index contributed by atoms with van der Waals surface area (Å²) in [7, 11) is 0. The lowest BCUT2D eigenvalue weighted by Crippen LogP contribution is -1.95. The van der Waals surface area contributed by atoms with Crippen LogP contribution in [0.4, 0.5) is 0 Å². The van der Waals surface area contributed by atoms with Gasteiger partial charge in [-0.15, -0.1) is 0 Å². The standard InChI is InChI=1S/C26H16N4/c1-2-6-17(7-3-1)30-23-9-5-4-8-19(23)21-14-20-18-10-11-27-16-22(18)26-28-12-13-29(26)24(20)15-25(21)30/h1-16H. The van der Waals surface area contributed by atoms with Gasteiger partial charge in [0, 0.05) is 52.0 Å². The van der Waals surface area contributed by atoms with Gasteiger partial charge in [0.1, 0.15) is 5.65 Å². The van der Waals surface area contributed by atoms with Crippen molar-refractivity contribution in [3.63, 3.8) is 0 Å². The molecule has 0 aliphatic heterocycles. The SMILES string of the molecule is c1ccc(-n2c3ccccc3c3cc4c5ccncc5c5nccn5c4cc32)cc1. The van der Waals surface area contributed by atoms with Crippen LogP contribution < -0.4 is 0 Å². The zero-order chi connectivity index (χ0) is 19.7. The van der Waals surface area contributed by atoms with E-state index in [0.29, 0.717) is 0 Å². The van der Waals surface area contributed by atoms with E-state index in [1.807, 2.05) is 24.8 Å². The number of pyridine rings is 2. The first kappa shape index (κ1) is 15.7. The molecule has 3 aromatic carbocycles. The fourth-order valence-electron chi connectivity index (χ4n) is 4.78. The van der Waals surface area contributed by atoms with E-state index in [1.54, 1.807) is 0 Å². The average molecular weight is 384 g/mol. The number of hydrogen-bond donors (Lipinski definition) is 0. The van der Waals surface area contributed by atoms with Gasteiger partial charge in [-0.25, -0.2) is 4.98 Å². The number of hydrogen-bond acceptors (Lipinski definition) is 2. The fraction of sp³-hybridized carbons (Fsp3) is 0. The summed E-state index contributed by atoms with van der Waals surface area (Å²) >= 11 is 0. The number of para-hydroxylation sites is 2. The van der Waals surface area contributed by atoms with E-state index in [9.17, 15) is 0 Å². The van der Waals surface area contributed by atoms with Crippen molar-refractivity contribution in [3.8, 4) is 5.69 Å². The van der Waals surface area contributed by atoms with Crippen LogP contribution in [0.5, 0.6) is 0 Å². The summed E-state index contributed by atoms with van der Waals surface area (Å²) in [5, 5.41) is 5.96. The fourth-order valence-corrected chi connectivity index (χ4v) is 4.78. The summed E-state index contributed by atoms with van der Waals surface area (Å²) in [4.78, 5) is 8.96. The molecule has 140 valence electrons. The van der Waals surface area contributed by atoms with Gasteiger partial charge in [0.25, 0.3) is 0 Å². The van der Waals surface area contributed by atoms with Crippen LogP contribution in [0.1, 0.15) is 0 Å². The molecular weight excluding hydrogens is 368 g/mol. The quantitative estimate of drug-likeness (QED) is 0.319. The zero-order valence-electron chi connectivity index (χ0n) is 16.0. The van der Waals surface area contributed by atoms with Crippen LogP contribution in [0.25, 0.3) is 54.8 Å². The number of benzene rings is 3. The van der Waals surface area contributed by atoms with Gasteiger partial charge < -0.3 is 4.57 Å². The van der Waals surface area contributed by atoms with Gasteiger partial charge in [0.2, 0.25) is 0 Å². The third-order valence-electron chi connectivity index (χ3n) is 6.06. The topological polar surface area (TPSA) is 35.1 Å². The van der Waals surface area contributed by atoms with Crippen molar-refractivity contribution in [3.05, 3.63) is 97.6 Å². The highest BCUT2D eigenvalue weighted by Crippen LogP contribution is 2.37. The minimum atomic E-state index is 0.937. The van der Waals surface area contributed by atoms with Crippen LogP contribution in [0, 0.1) is 0 Å². The molecule has 0 atom stereocenters. The Labute approximate surface area is 171 Å². The maximum atomic E-state index is 4.62. The average Bonchev–Trinajstić information content (AvgIpc) is 3.42. The molecule has 0 radical (unpaired) electrons. The molecule has 0 aliphatic rings. The number of fused-ring (bicyclic) bond motifs is 9. The second-order valence-corrected chi connectivity index (χ2v) is 7.62. The van der Waals surface area contributed by atoms with Gasteiger partial charge in [-0.3, -0.25) is 9.38 Å². The predicted octanol–water partition coefficient (Wildman–Crippen LogP) is 6.13. The number of rotatable bonds is 1. The van der Waals surface area contributed by atoms with Gasteiger partial charge >= 0.3 is 0 Å². The first-order valence-electron chi connectivity index (χ1n) is 10.0. The highest BCUT2D eigenvalue weighted by atomic mass is 15.0. The summed E-state index contributed by atoms with van der Waals surface area (Å²) in [6.45, 7) is 0. The van der Waals surface area contributed by atoms with Crippen LogP contribution in [-0.2, 0) is 0 Å². The monoisotopic (exact) mass is 384 g/mol. The highest BCUT2D eigenvalue weighted by Gasteiger charge is 2.16. The second-order valence-electron chi connectivity index (χ2n) is 7.62. The summed E-state index contributed by atoms with van der Waals surface area (Å²) in [5.74, 6) is 0. The minimum Gasteiger partial charge on any atom is -0.309 e. The molecule has 0 fully saturated rings. The molecule has 4 nitrogen and oxygen atoms in total. The number of aromatic nitrogens is 4. The Morgan fingerprint density at radius 2 is 1.43 bits per heavy atom. The summed E-state index contributed by atoms with van der Waals surface area (Å²) in [6.07, 6.45) is 7.66. The Balaban J connectivity index is 1.77. The molecule has 4 heterocycles. The van der Waals surface area contributed by atoms with E-state index in [2.05, 4.69) is 91.7 Å². The Bertz CT molecular complexity index is 1740. The molecule has 0 aliphatic carbocycles. The van der Waals surface area contributed by atoms with E-state index in [-0.39, 0.29) is 0 Å². The molecule has 0 unspecified atom stereocenters. The lowest BCUT2D eigenvalue weighted by Gasteiger charge is -2.11. The predicted molar refractivity (Wildman–Crippen MR) is 122 cm³/mol. The Morgan fingerprint density at radius 3 is 2.37 bits per heavy atom. The van der Waals surface area contributed by atoms with Crippen molar-refractivity contribution < 1.29 is 0 Å². The third kappa shape index (κ3) is 1.95. The molecule has 0 saturated heterocycles. The molecule has 0 amide bonds. The van der Waals surface area contributed by atoms with E-state index < -0.39 is 0 Å². The van der Waals surface area contributed by atoms with E-state index in [1.165, 1.54) is 32.6 Å². The summed E-state index contributed by atoms with van der Waals surface area (Å²) < 4.78 is 4.52. The first-order chi connectivity index (χ1) is 14.9. The van der Waals surface area contributed by atoms with E-state index >= 15 is 0 Å². The lowest BCUT2D eigenvalue weighted by molar-refractivity contribution is 1.18.